The highest BCUT2D eigenvalue weighted by Gasteiger charge is 2.40. The number of piperidine rings is 1. The summed E-state index contributed by atoms with van der Waals surface area (Å²) >= 11 is 0. The summed E-state index contributed by atoms with van der Waals surface area (Å²) in [6.07, 6.45) is 4.69. The van der Waals surface area contributed by atoms with Crippen LogP contribution in [-0.4, -0.2) is 57.9 Å². The van der Waals surface area contributed by atoms with Crippen molar-refractivity contribution in [3.63, 3.8) is 0 Å². The van der Waals surface area contributed by atoms with E-state index in [1.54, 1.807) is 22.2 Å². The predicted octanol–water partition coefficient (Wildman–Crippen LogP) is 0.760. The second-order valence-corrected chi connectivity index (χ2v) is 6.43. The van der Waals surface area contributed by atoms with Crippen LogP contribution in [0.25, 0.3) is 0 Å². The van der Waals surface area contributed by atoms with Crippen molar-refractivity contribution >= 4 is 11.8 Å². The van der Waals surface area contributed by atoms with Crippen LogP contribution in [0.3, 0.4) is 0 Å². The lowest BCUT2D eigenvalue weighted by Crippen LogP contribution is -2.47. The number of likely N-dealkylation sites (tertiary alicyclic amines) is 2. The number of carbonyl (C=O) groups excluding carboxylic acids is 2. The van der Waals surface area contributed by atoms with E-state index in [0.717, 1.165) is 5.56 Å². The Morgan fingerprint density at radius 3 is 2.74 bits per heavy atom. The Kier molecular flexibility index (Phi) is 4.35. The third-order valence-electron chi connectivity index (χ3n) is 5.05. The van der Waals surface area contributed by atoms with Crippen LogP contribution >= 0.6 is 0 Å². The van der Waals surface area contributed by atoms with Crippen molar-refractivity contribution in [1.82, 2.24) is 14.8 Å². The molecule has 0 bridgehead atoms. The summed E-state index contributed by atoms with van der Waals surface area (Å²) in [6.45, 7) is 4.14. The van der Waals surface area contributed by atoms with Crippen LogP contribution in [0.15, 0.2) is 24.5 Å². The molecule has 0 aromatic carbocycles. The Morgan fingerprint density at radius 1 is 1.43 bits per heavy atom. The van der Waals surface area contributed by atoms with E-state index in [2.05, 4.69) is 4.98 Å². The molecule has 0 radical (unpaired) electrons. The number of rotatable bonds is 3. The number of aliphatic hydroxyl groups is 1. The van der Waals surface area contributed by atoms with E-state index in [1.165, 1.54) is 0 Å². The molecule has 1 N–H and O–H groups in total. The third kappa shape index (κ3) is 3.08. The lowest BCUT2D eigenvalue weighted by molar-refractivity contribution is -0.140. The smallest absolute Gasteiger partial charge is 0.227 e. The maximum Gasteiger partial charge on any atom is 0.227 e. The van der Waals surface area contributed by atoms with Gasteiger partial charge >= 0.3 is 0 Å². The van der Waals surface area contributed by atoms with Crippen LogP contribution in [0.1, 0.15) is 31.7 Å². The van der Waals surface area contributed by atoms with Crippen LogP contribution in [0, 0.1) is 5.92 Å². The van der Waals surface area contributed by atoms with Crippen molar-refractivity contribution in [2.45, 2.75) is 31.8 Å². The number of carbonyl (C=O) groups is 2. The van der Waals surface area contributed by atoms with Gasteiger partial charge in [-0.2, -0.15) is 0 Å². The molecular weight excluding hydrogens is 294 g/mol. The largest absolute Gasteiger partial charge is 0.385 e. The van der Waals surface area contributed by atoms with Crippen LogP contribution in [0.4, 0.5) is 0 Å². The monoisotopic (exact) mass is 317 g/mol. The van der Waals surface area contributed by atoms with Gasteiger partial charge in [0.15, 0.2) is 0 Å². The summed E-state index contributed by atoms with van der Waals surface area (Å²) in [5, 5.41) is 10.8. The van der Waals surface area contributed by atoms with Gasteiger partial charge in [-0.1, -0.05) is 6.07 Å². The van der Waals surface area contributed by atoms with E-state index in [4.69, 9.17) is 0 Å². The Morgan fingerprint density at radius 2 is 2.17 bits per heavy atom. The number of amides is 2. The molecule has 0 spiro atoms. The molecule has 1 atom stereocenters. The molecule has 6 nitrogen and oxygen atoms in total. The minimum absolute atomic E-state index is 0.0440. The Labute approximate surface area is 136 Å². The summed E-state index contributed by atoms with van der Waals surface area (Å²) in [5.74, 6) is -0.121. The van der Waals surface area contributed by atoms with Crippen molar-refractivity contribution < 1.29 is 14.7 Å². The first-order valence-corrected chi connectivity index (χ1v) is 8.23. The van der Waals surface area contributed by atoms with Crippen LogP contribution in [0.5, 0.6) is 0 Å². The van der Waals surface area contributed by atoms with E-state index >= 15 is 0 Å². The zero-order chi connectivity index (χ0) is 16.4. The maximum atomic E-state index is 12.6. The van der Waals surface area contributed by atoms with E-state index in [1.807, 2.05) is 19.1 Å². The van der Waals surface area contributed by atoms with Crippen molar-refractivity contribution in [3.8, 4) is 0 Å². The minimum atomic E-state index is -0.911. The molecular formula is C17H23N3O3. The average Bonchev–Trinajstić information content (AvgIpc) is 2.97. The Hall–Kier alpha value is -1.95. The summed E-state index contributed by atoms with van der Waals surface area (Å²) in [5.41, 5.74) is -0.105. The number of pyridine rings is 1. The standard InChI is InChI=1S/C17H23N3O3/c1-2-19-12-13(10-15(19)21)16(22)20-8-5-17(23,6-9-20)14-4-3-7-18-11-14/h3-4,7,11,13,23H,2,5-6,8-10,12H2,1H3/t13-/m0/s1. The molecule has 3 rings (SSSR count). The molecule has 2 fully saturated rings. The molecule has 2 saturated heterocycles. The maximum absolute atomic E-state index is 12.6. The molecule has 0 saturated carbocycles. The molecule has 23 heavy (non-hydrogen) atoms. The number of aromatic nitrogens is 1. The normalized spacial score (nSPS) is 24.1. The lowest BCUT2D eigenvalue weighted by Gasteiger charge is -2.39. The van der Waals surface area contributed by atoms with Crippen molar-refractivity contribution in [1.29, 1.82) is 0 Å². The average molecular weight is 317 g/mol. The zero-order valence-electron chi connectivity index (χ0n) is 13.4. The van der Waals surface area contributed by atoms with Gasteiger partial charge in [-0.15, -0.1) is 0 Å². The quantitative estimate of drug-likeness (QED) is 0.893. The van der Waals surface area contributed by atoms with Gasteiger partial charge in [0.05, 0.1) is 11.5 Å². The first-order chi connectivity index (χ1) is 11.0. The summed E-state index contributed by atoms with van der Waals surface area (Å²) < 4.78 is 0. The van der Waals surface area contributed by atoms with Crippen molar-refractivity contribution in [2.75, 3.05) is 26.2 Å². The van der Waals surface area contributed by atoms with Crippen molar-refractivity contribution in [2.24, 2.45) is 5.92 Å². The zero-order valence-corrected chi connectivity index (χ0v) is 13.4. The number of hydrogen-bond acceptors (Lipinski definition) is 4. The molecule has 6 heteroatoms. The predicted molar refractivity (Wildman–Crippen MR) is 84.3 cm³/mol. The molecule has 2 amide bonds. The van der Waals surface area contributed by atoms with Gasteiger partial charge in [-0.25, -0.2) is 0 Å². The molecule has 0 aliphatic carbocycles. The Balaban J connectivity index is 1.61. The van der Waals surface area contributed by atoms with Gasteiger partial charge < -0.3 is 14.9 Å². The molecule has 1 aromatic rings. The van der Waals surface area contributed by atoms with E-state index in [-0.39, 0.29) is 17.7 Å². The molecule has 124 valence electrons. The molecule has 0 unspecified atom stereocenters. The van der Waals surface area contributed by atoms with Crippen LogP contribution in [0.2, 0.25) is 0 Å². The second kappa shape index (κ2) is 6.28. The third-order valence-corrected chi connectivity index (χ3v) is 5.05. The first-order valence-electron chi connectivity index (χ1n) is 8.23. The van der Waals surface area contributed by atoms with Gasteiger partial charge in [0, 0.05) is 50.6 Å². The van der Waals surface area contributed by atoms with Gasteiger partial charge in [0.25, 0.3) is 0 Å². The van der Waals surface area contributed by atoms with Crippen LogP contribution < -0.4 is 0 Å². The fourth-order valence-corrected chi connectivity index (χ4v) is 3.53. The molecule has 3 heterocycles. The van der Waals surface area contributed by atoms with E-state index in [9.17, 15) is 14.7 Å². The fourth-order valence-electron chi connectivity index (χ4n) is 3.53. The summed E-state index contributed by atoms with van der Waals surface area (Å²) in [4.78, 5) is 32.0. The summed E-state index contributed by atoms with van der Waals surface area (Å²) in [6, 6.07) is 3.69. The van der Waals surface area contributed by atoms with Gasteiger partial charge in [0.1, 0.15) is 0 Å². The highest BCUT2D eigenvalue weighted by molar-refractivity contribution is 5.89. The van der Waals surface area contributed by atoms with Gasteiger partial charge in [0.2, 0.25) is 11.8 Å². The first kappa shape index (κ1) is 15.9. The highest BCUT2D eigenvalue weighted by atomic mass is 16.3. The van der Waals surface area contributed by atoms with Crippen LogP contribution in [-0.2, 0) is 15.2 Å². The molecule has 2 aliphatic rings. The second-order valence-electron chi connectivity index (χ2n) is 6.43. The molecule has 1 aromatic heterocycles. The topological polar surface area (TPSA) is 73.7 Å². The van der Waals surface area contributed by atoms with E-state index < -0.39 is 5.60 Å². The van der Waals surface area contributed by atoms with Gasteiger partial charge in [-0.05, 0) is 25.8 Å². The highest BCUT2D eigenvalue weighted by Crippen LogP contribution is 2.33. The molecule has 2 aliphatic heterocycles. The fraction of sp³-hybridized carbons (Fsp3) is 0.588. The SMILES string of the molecule is CCN1C[C@@H](C(=O)N2CCC(O)(c3cccnc3)CC2)CC1=O. The lowest BCUT2D eigenvalue weighted by atomic mass is 9.85. The number of hydrogen-bond donors (Lipinski definition) is 1. The summed E-state index contributed by atoms with van der Waals surface area (Å²) in [7, 11) is 0. The van der Waals surface area contributed by atoms with Gasteiger partial charge in [-0.3, -0.25) is 14.6 Å². The van der Waals surface area contributed by atoms with Crippen molar-refractivity contribution in [3.05, 3.63) is 30.1 Å². The van der Waals surface area contributed by atoms with E-state index in [0.29, 0.717) is 45.4 Å². The Bertz CT molecular complexity index is 582. The minimum Gasteiger partial charge on any atom is -0.385 e. The number of nitrogens with zero attached hydrogens (tertiary/aromatic N) is 3.